The molecule has 1 aromatic carbocycles. The summed E-state index contributed by atoms with van der Waals surface area (Å²) in [6.45, 7) is 6.28. The molecule has 25 heavy (non-hydrogen) atoms. The summed E-state index contributed by atoms with van der Waals surface area (Å²) in [4.78, 5) is 31.7. The second-order valence-electron chi connectivity index (χ2n) is 6.55. The number of nitrogens with one attached hydrogen (secondary N) is 1. The Hall–Kier alpha value is -2.21. The third-order valence-corrected chi connectivity index (χ3v) is 5.59. The summed E-state index contributed by atoms with van der Waals surface area (Å²) >= 11 is 1.40. The van der Waals surface area contributed by atoms with Crippen LogP contribution < -0.4 is 5.32 Å². The fraction of sp³-hybridized carbons (Fsp3) is 0.421. The van der Waals surface area contributed by atoms with E-state index in [1.54, 1.807) is 4.90 Å². The molecule has 0 bridgehead atoms. The summed E-state index contributed by atoms with van der Waals surface area (Å²) in [5.41, 5.74) is 3.13. The van der Waals surface area contributed by atoms with Crippen LogP contribution >= 0.6 is 11.3 Å². The first kappa shape index (κ1) is 17.6. The van der Waals surface area contributed by atoms with Crippen LogP contribution in [0.2, 0.25) is 0 Å². The Kier molecular flexibility index (Phi) is 5.18. The smallest absolute Gasteiger partial charge is 0.249 e. The normalized spacial score (nSPS) is 17.7. The van der Waals surface area contributed by atoms with Crippen molar-refractivity contribution >= 4 is 28.3 Å². The van der Waals surface area contributed by atoms with E-state index in [-0.39, 0.29) is 17.7 Å². The minimum atomic E-state index is -0.499. The monoisotopic (exact) mass is 357 g/mol. The molecule has 0 fully saturated rings. The molecule has 0 aliphatic carbocycles. The van der Waals surface area contributed by atoms with Crippen molar-refractivity contribution in [3.8, 4) is 0 Å². The van der Waals surface area contributed by atoms with Crippen LogP contribution in [0.25, 0.3) is 0 Å². The highest BCUT2D eigenvalue weighted by Gasteiger charge is 2.36. The average molecular weight is 357 g/mol. The van der Waals surface area contributed by atoms with E-state index < -0.39 is 6.04 Å². The van der Waals surface area contributed by atoms with Crippen LogP contribution in [0.4, 0.5) is 5.13 Å². The molecule has 132 valence electrons. The largest absolute Gasteiger partial charge is 0.326 e. The summed E-state index contributed by atoms with van der Waals surface area (Å²) in [6.07, 6.45) is 1.30. The van der Waals surface area contributed by atoms with Gasteiger partial charge in [0, 0.05) is 24.3 Å². The van der Waals surface area contributed by atoms with E-state index in [1.807, 2.05) is 50.4 Å². The van der Waals surface area contributed by atoms with Gasteiger partial charge in [0.05, 0.1) is 5.69 Å². The Labute approximate surface area is 152 Å². The maximum atomic E-state index is 12.9. The Morgan fingerprint density at radius 2 is 2.08 bits per heavy atom. The van der Waals surface area contributed by atoms with Crippen molar-refractivity contribution in [1.82, 2.24) is 9.88 Å². The molecule has 1 aliphatic rings. The van der Waals surface area contributed by atoms with Crippen molar-refractivity contribution < 1.29 is 9.59 Å². The average Bonchev–Trinajstić information content (AvgIpc) is 3.03. The standard InChI is InChI=1S/C19H23N3O2S/c1-4-12(2)18(24)22-10-15-8-6-5-7-14(15)9-16(22)17(23)21-19-20-13(3)11-25-19/h5-8,11-12,16H,4,9-10H2,1-3H3,(H,20,21,23)/t12-,16-/m0/s1. The van der Waals surface area contributed by atoms with Crippen LogP contribution in [-0.4, -0.2) is 27.7 Å². The predicted molar refractivity (Wildman–Crippen MR) is 99.4 cm³/mol. The highest BCUT2D eigenvalue weighted by molar-refractivity contribution is 7.13. The first-order valence-electron chi connectivity index (χ1n) is 8.59. The molecule has 0 saturated heterocycles. The van der Waals surface area contributed by atoms with Gasteiger partial charge >= 0.3 is 0 Å². The number of hydrogen-bond donors (Lipinski definition) is 1. The quantitative estimate of drug-likeness (QED) is 0.912. The number of fused-ring (bicyclic) bond motifs is 1. The van der Waals surface area contributed by atoms with Crippen molar-refractivity contribution in [2.45, 2.75) is 46.2 Å². The van der Waals surface area contributed by atoms with E-state index in [0.29, 0.717) is 18.1 Å². The van der Waals surface area contributed by atoms with Gasteiger partial charge in [-0.05, 0) is 24.5 Å². The number of benzene rings is 1. The number of anilines is 1. The molecule has 0 saturated carbocycles. The number of nitrogens with zero attached hydrogens (tertiary/aromatic N) is 2. The van der Waals surface area contributed by atoms with E-state index in [1.165, 1.54) is 11.3 Å². The first-order chi connectivity index (χ1) is 12.0. The number of aromatic nitrogens is 1. The fourth-order valence-electron chi connectivity index (χ4n) is 3.05. The molecule has 3 rings (SSSR count). The lowest BCUT2D eigenvalue weighted by atomic mass is 9.92. The lowest BCUT2D eigenvalue weighted by Crippen LogP contribution is -2.52. The molecule has 0 spiro atoms. The van der Waals surface area contributed by atoms with Crippen molar-refractivity contribution in [3.05, 3.63) is 46.5 Å². The maximum absolute atomic E-state index is 12.9. The minimum Gasteiger partial charge on any atom is -0.326 e. The summed E-state index contributed by atoms with van der Waals surface area (Å²) in [5, 5.41) is 5.36. The zero-order chi connectivity index (χ0) is 18.0. The number of amides is 2. The minimum absolute atomic E-state index is 0.0347. The molecule has 1 aromatic heterocycles. The highest BCUT2D eigenvalue weighted by atomic mass is 32.1. The molecular formula is C19H23N3O2S. The molecule has 2 atom stereocenters. The topological polar surface area (TPSA) is 62.3 Å². The van der Waals surface area contributed by atoms with Gasteiger partial charge in [0.2, 0.25) is 11.8 Å². The lowest BCUT2D eigenvalue weighted by molar-refractivity contribution is -0.143. The Morgan fingerprint density at radius 1 is 1.36 bits per heavy atom. The van der Waals surface area contributed by atoms with Crippen molar-refractivity contribution in [1.29, 1.82) is 0 Å². The third-order valence-electron chi connectivity index (χ3n) is 4.72. The molecule has 1 aliphatic heterocycles. The van der Waals surface area contributed by atoms with Crippen molar-refractivity contribution in [2.24, 2.45) is 5.92 Å². The van der Waals surface area contributed by atoms with Gasteiger partial charge in [-0.3, -0.25) is 9.59 Å². The van der Waals surface area contributed by atoms with Gasteiger partial charge in [0.1, 0.15) is 6.04 Å². The van der Waals surface area contributed by atoms with Gasteiger partial charge in [-0.1, -0.05) is 38.1 Å². The van der Waals surface area contributed by atoms with Crippen LogP contribution in [0.15, 0.2) is 29.6 Å². The van der Waals surface area contributed by atoms with Crippen LogP contribution in [-0.2, 0) is 22.6 Å². The molecule has 2 aromatic rings. The van der Waals surface area contributed by atoms with Crippen molar-refractivity contribution in [3.63, 3.8) is 0 Å². The Balaban J connectivity index is 1.87. The molecule has 6 heteroatoms. The summed E-state index contributed by atoms with van der Waals surface area (Å²) in [7, 11) is 0. The number of aryl methyl sites for hydroxylation is 1. The molecule has 1 N–H and O–H groups in total. The van der Waals surface area contributed by atoms with Gasteiger partial charge in [-0.15, -0.1) is 11.3 Å². The summed E-state index contributed by atoms with van der Waals surface area (Å²) < 4.78 is 0. The van der Waals surface area contributed by atoms with Gasteiger partial charge < -0.3 is 10.2 Å². The van der Waals surface area contributed by atoms with Gasteiger partial charge in [0.25, 0.3) is 0 Å². The number of rotatable bonds is 4. The SMILES string of the molecule is CC[C@H](C)C(=O)N1Cc2ccccc2C[C@H]1C(=O)Nc1nc(C)cs1. The zero-order valence-corrected chi connectivity index (χ0v) is 15.6. The summed E-state index contributed by atoms with van der Waals surface area (Å²) in [6, 6.07) is 7.52. The molecule has 2 heterocycles. The number of hydrogen-bond acceptors (Lipinski definition) is 4. The molecule has 5 nitrogen and oxygen atoms in total. The zero-order valence-electron chi connectivity index (χ0n) is 14.8. The van der Waals surface area contributed by atoms with Crippen molar-refractivity contribution in [2.75, 3.05) is 5.32 Å². The highest BCUT2D eigenvalue weighted by Crippen LogP contribution is 2.26. The van der Waals surface area contributed by atoms with Gasteiger partial charge in [-0.25, -0.2) is 4.98 Å². The van der Waals surface area contributed by atoms with Gasteiger partial charge in [-0.2, -0.15) is 0 Å². The number of carbonyl (C=O) groups is 2. The van der Waals surface area contributed by atoms with E-state index in [2.05, 4.69) is 10.3 Å². The fourth-order valence-corrected chi connectivity index (χ4v) is 3.74. The van der Waals surface area contributed by atoms with Gasteiger partial charge in [0.15, 0.2) is 5.13 Å². The van der Waals surface area contributed by atoms with E-state index in [9.17, 15) is 9.59 Å². The molecule has 0 unspecified atom stereocenters. The Morgan fingerprint density at radius 3 is 2.72 bits per heavy atom. The van der Waals surface area contributed by atoms with E-state index in [0.717, 1.165) is 23.2 Å². The first-order valence-corrected chi connectivity index (χ1v) is 9.47. The summed E-state index contributed by atoms with van der Waals surface area (Å²) in [5.74, 6) is -0.226. The predicted octanol–water partition coefficient (Wildman–Crippen LogP) is 3.39. The Bertz CT molecular complexity index is 786. The molecule has 2 amide bonds. The van der Waals surface area contributed by atoms with E-state index in [4.69, 9.17) is 0 Å². The number of carbonyl (C=O) groups excluding carboxylic acids is 2. The maximum Gasteiger partial charge on any atom is 0.249 e. The lowest BCUT2D eigenvalue weighted by Gasteiger charge is -2.37. The van der Waals surface area contributed by atoms with Crippen LogP contribution in [0.3, 0.4) is 0 Å². The molecular weight excluding hydrogens is 334 g/mol. The second-order valence-corrected chi connectivity index (χ2v) is 7.41. The second kappa shape index (κ2) is 7.35. The van der Waals surface area contributed by atoms with E-state index >= 15 is 0 Å². The van der Waals surface area contributed by atoms with Crippen LogP contribution in [0, 0.1) is 12.8 Å². The molecule has 0 radical (unpaired) electrons. The number of thiazole rings is 1. The van der Waals surface area contributed by atoms with Crippen LogP contribution in [0.5, 0.6) is 0 Å². The van der Waals surface area contributed by atoms with Crippen LogP contribution in [0.1, 0.15) is 37.1 Å². The third kappa shape index (κ3) is 3.74.